The number of benzene rings is 1. The van der Waals surface area contributed by atoms with Crippen molar-refractivity contribution in [2.75, 3.05) is 5.32 Å². The Hall–Kier alpha value is -2.51. The zero-order valence-corrected chi connectivity index (χ0v) is 15.2. The molecule has 0 aliphatic heterocycles. The average molecular weight is 368 g/mol. The van der Waals surface area contributed by atoms with Gasteiger partial charge in [-0.1, -0.05) is 25.1 Å². The number of fused-ring (bicyclic) bond motifs is 1. The molecule has 0 atom stereocenters. The number of para-hydroxylation sites is 1. The quantitative estimate of drug-likeness (QED) is 0.546. The highest BCUT2D eigenvalue weighted by Gasteiger charge is 2.16. The zero-order valence-electron chi connectivity index (χ0n) is 13.6. The van der Waals surface area contributed by atoms with Crippen molar-refractivity contribution in [2.45, 2.75) is 19.9 Å². The van der Waals surface area contributed by atoms with Crippen LogP contribution in [-0.2, 0) is 6.54 Å². The molecule has 0 radical (unpaired) electrons. The molecule has 0 bridgehead atoms. The van der Waals surface area contributed by atoms with Gasteiger partial charge >= 0.3 is 0 Å². The lowest BCUT2D eigenvalue weighted by Gasteiger charge is -2.07. The summed E-state index contributed by atoms with van der Waals surface area (Å²) in [6.07, 6.45) is 2.70. The van der Waals surface area contributed by atoms with E-state index in [9.17, 15) is 4.79 Å². The molecule has 126 valence electrons. The molecule has 4 aromatic rings. The summed E-state index contributed by atoms with van der Waals surface area (Å²) in [6, 6.07) is 10.5. The third-order valence-electron chi connectivity index (χ3n) is 3.87. The van der Waals surface area contributed by atoms with Crippen molar-refractivity contribution in [3.05, 3.63) is 53.0 Å². The third kappa shape index (κ3) is 3.08. The fourth-order valence-corrected chi connectivity index (χ4v) is 4.14. The van der Waals surface area contributed by atoms with Crippen LogP contribution >= 0.6 is 22.7 Å². The molecule has 1 aromatic carbocycles. The van der Waals surface area contributed by atoms with E-state index in [-0.39, 0.29) is 5.91 Å². The first-order valence-corrected chi connectivity index (χ1v) is 9.77. The second-order valence-electron chi connectivity index (χ2n) is 5.57. The van der Waals surface area contributed by atoms with Gasteiger partial charge in [0.05, 0.1) is 5.69 Å². The fourth-order valence-electron chi connectivity index (χ4n) is 2.79. The van der Waals surface area contributed by atoms with E-state index < -0.39 is 0 Å². The summed E-state index contributed by atoms with van der Waals surface area (Å²) in [6.45, 7) is 3.08. The maximum absolute atomic E-state index is 12.3. The number of amides is 1. The molecular formula is C18H16N4OS2. The lowest BCUT2D eigenvalue weighted by atomic mass is 10.2. The number of nitrogens with one attached hydrogen (secondary N) is 1. The van der Waals surface area contributed by atoms with E-state index in [1.807, 2.05) is 17.5 Å². The Morgan fingerprint density at radius 1 is 1.28 bits per heavy atom. The SMILES string of the molecule is CCCn1c(-c2nc(C(=O)Nc3nccs3)cs2)cc2ccccc21. The summed E-state index contributed by atoms with van der Waals surface area (Å²) in [7, 11) is 0. The first-order valence-electron chi connectivity index (χ1n) is 8.01. The van der Waals surface area contributed by atoms with Gasteiger partial charge in [0, 0.05) is 34.4 Å². The molecule has 1 N–H and O–H groups in total. The number of hydrogen-bond donors (Lipinski definition) is 1. The average Bonchev–Trinajstić information content (AvgIpc) is 3.34. The Morgan fingerprint density at radius 3 is 2.96 bits per heavy atom. The van der Waals surface area contributed by atoms with Gasteiger partial charge in [0.1, 0.15) is 10.7 Å². The highest BCUT2D eigenvalue weighted by molar-refractivity contribution is 7.14. The largest absolute Gasteiger partial charge is 0.339 e. The van der Waals surface area contributed by atoms with Gasteiger partial charge in [-0.3, -0.25) is 10.1 Å². The van der Waals surface area contributed by atoms with Crippen molar-refractivity contribution < 1.29 is 4.79 Å². The lowest BCUT2D eigenvalue weighted by Crippen LogP contribution is -2.12. The van der Waals surface area contributed by atoms with Gasteiger partial charge in [-0.05, 0) is 18.6 Å². The summed E-state index contributed by atoms with van der Waals surface area (Å²) in [5, 5.41) is 9.03. The van der Waals surface area contributed by atoms with Gasteiger partial charge in [0.15, 0.2) is 5.13 Å². The minimum atomic E-state index is -0.226. The highest BCUT2D eigenvalue weighted by Crippen LogP contribution is 2.31. The Labute approximate surface area is 153 Å². The molecule has 0 aliphatic rings. The standard InChI is InChI=1S/C18H16N4OS2/c1-2-8-22-14-6-4-3-5-12(14)10-15(22)17-20-13(11-25-17)16(23)21-18-19-7-9-24-18/h3-7,9-11H,2,8H2,1H3,(H,19,21,23). The molecule has 1 amide bonds. The molecule has 0 aliphatic carbocycles. The first-order chi connectivity index (χ1) is 12.3. The van der Waals surface area contributed by atoms with E-state index in [1.165, 1.54) is 33.6 Å². The normalized spacial score (nSPS) is 11.1. The summed E-state index contributed by atoms with van der Waals surface area (Å²) < 4.78 is 2.27. The smallest absolute Gasteiger partial charge is 0.276 e. The van der Waals surface area contributed by atoms with E-state index in [0.29, 0.717) is 10.8 Å². The number of carbonyl (C=O) groups is 1. The second kappa shape index (κ2) is 6.78. The van der Waals surface area contributed by atoms with Crippen LogP contribution in [0.4, 0.5) is 5.13 Å². The van der Waals surface area contributed by atoms with Crippen LogP contribution in [0.5, 0.6) is 0 Å². The molecule has 0 fully saturated rings. The molecule has 0 saturated carbocycles. The summed E-state index contributed by atoms with van der Waals surface area (Å²) in [4.78, 5) is 21.0. The number of aromatic nitrogens is 3. The first kappa shape index (κ1) is 16.0. The van der Waals surface area contributed by atoms with Crippen LogP contribution in [0.3, 0.4) is 0 Å². The molecule has 7 heteroatoms. The number of nitrogens with zero attached hydrogens (tertiary/aromatic N) is 3. The molecule has 0 saturated heterocycles. The topological polar surface area (TPSA) is 59.8 Å². The molecule has 4 rings (SSSR count). The molecule has 25 heavy (non-hydrogen) atoms. The summed E-state index contributed by atoms with van der Waals surface area (Å²) in [5.41, 5.74) is 2.67. The molecular weight excluding hydrogens is 352 g/mol. The third-order valence-corrected chi connectivity index (χ3v) is 5.42. The van der Waals surface area contributed by atoms with Crippen molar-refractivity contribution in [3.8, 4) is 10.7 Å². The Morgan fingerprint density at radius 2 is 2.16 bits per heavy atom. The number of carbonyl (C=O) groups excluding carboxylic acids is 1. The van der Waals surface area contributed by atoms with Gasteiger partial charge < -0.3 is 4.57 Å². The van der Waals surface area contributed by atoms with Crippen molar-refractivity contribution >= 4 is 44.6 Å². The minimum absolute atomic E-state index is 0.226. The van der Waals surface area contributed by atoms with E-state index >= 15 is 0 Å². The van der Waals surface area contributed by atoms with Gasteiger partial charge in [0.2, 0.25) is 0 Å². The van der Waals surface area contributed by atoms with Crippen LogP contribution in [-0.4, -0.2) is 20.4 Å². The van der Waals surface area contributed by atoms with E-state index in [1.54, 1.807) is 11.6 Å². The van der Waals surface area contributed by atoms with Gasteiger partial charge in [-0.25, -0.2) is 9.97 Å². The van der Waals surface area contributed by atoms with Crippen molar-refractivity contribution in [1.82, 2.24) is 14.5 Å². The molecule has 3 aromatic heterocycles. The monoisotopic (exact) mass is 368 g/mol. The predicted molar refractivity (Wildman–Crippen MR) is 103 cm³/mol. The maximum atomic E-state index is 12.3. The Bertz CT molecular complexity index is 1020. The molecule has 0 unspecified atom stereocenters. The second-order valence-corrected chi connectivity index (χ2v) is 7.32. The van der Waals surface area contributed by atoms with Crippen LogP contribution in [0.2, 0.25) is 0 Å². The summed E-state index contributed by atoms with van der Waals surface area (Å²) >= 11 is 2.88. The Kier molecular flexibility index (Phi) is 4.33. The van der Waals surface area contributed by atoms with Crippen LogP contribution < -0.4 is 5.32 Å². The molecule has 3 heterocycles. The van der Waals surface area contributed by atoms with Crippen molar-refractivity contribution in [2.24, 2.45) is 0 Å². The predicted octanol–water partition coefficient (Wildman–Crippen LogP) is 4.88. The lowest BCUT2D eigenvalue weighted by molar-refractivity contribution is 0.102. The highest BCUT2D eigenvalue weighted by atomic mass is 32.1. The van der Waals surface area contributed by atoms with Crippen LogP contribution in [0, 0.1) is 0 Å². The van der Waals surface area contributed by atoms with Crippen LogP contribution in [0.1, 0.15) is 23.8 Å². The zero-order chi connectivity index (χ0) is 17.2. The fraction of sp³-hybridized carbons (Fsp3) is 0.167. The summed E-state index contributed by atoms with van der Waals surface area (Å²) in [5.74, 6) is -0.226. The molecule has 5 nitrogen and oxygen atoms in total. The van der Waals surface area contributed by atoms with E-state index in [4.69, 9.17) is 0 Å². The van der Waals surface area contributed by atoms with Crippen molar-refractivity contribution in [3.63, 3.8) is 0 Å². The molecule has 0 spiro atoms. The van der Waals surface area contributed by atoms with E-state index in [0.717, 1.165) is 23.7 Å². The Balaban J connectivity index is 1.69. The number of hydrogen-bond acceptors (Lipinski definition) is 5. The van der Waals surface area contributed by atoms with Crippen LogP contribution in [0.15, 0.2) is 47.3 Å². The number of aryl methyl sites for hydroxylation is 1. The van der Waals surface area contributed by atoms with Gasteiger partial charge in [0.25, 0.3) is 5.91 Å². The van der Waals surface area contributed by atoms with Crippen LogP contribution in [0.25, 0.3) is 21.6 Å². The number of rotatable bonds is 5. The van der Waals surface area contributed by atoms with Gasteiger partial charge in [-0.15, -0.1) is 22.7 Å². The van der Waals surface area contributed by atoms with E-state index in [2.05, 4.69) is 45.0 Å². The number of thiazole rings is 2. The maximum Gasteiger partial charge on any atom is 0.276 e. The minimum Gasteiger partial charge on any atom is -0.339 e. The number of anilines is 1. The van der Waals surface area contributed by atoms with Gasteiger partial charge in [-0.2, -0.15) is 0 Å². The van der Waals surface area contributed by atoms with Crippen molar-refractivity contribution in [1.29, 1.82) is 0 Å².